The molecule has 1 aromatic rings. The Bertz CT molecular complexity index is 464. The molecule has 0 bridgehead atoms. The van der Waals surface area contributed by atoms with Crippen LogP contribution in [0.5, 0.6) is 11.5 Å². The SMILES string of the molecule is CNCC(=O)c1cc(C#N)cc(OC)c1OC. The molecular formula is C12H14N2O3. The van der Waals surface area contributed by atoms with Crippen molar-refractivity contribution in [2.75, 3.05) is 27.8 Å². The second kappa shape index (κ2) is 5.87. The van der Waals surface area contributed by atoms with Crippen molar-refractivity contribution in [2.24, 2.45) is 0 Å². The van der Waals surface area contributed by atoms with Crippen LogP contribution in [0.1, 0.15) is 15.9 Å². The molecule has 17 heavy (non-hydrogen) atoms. The van der Waals surface area contributed by atoms with Crippen molar-refractivity contribution in [3.63, 3.8) is 0 Å². The molecule has 90 valence electrons. The number of hydrogen-bond donors (Lipinski definition) is 1. The smallest absolute Gasteiger partial charge is 0.180 e. The van der Waals surface area contributed by atoms with Gasteiger partial charge in [0, 0.05) is 6.07 Å². The summed E-state index contributed by atoms with van der Waals surface area (Å²) >= 11 is 0. The quantitative estimate of drug-likeness (QED) is 0.769. The molecule has 0 atom stereocenters. The Morgan fingerprint density at radius 2 is 2.12 bits per heavy atom. The van der Waals surface area contributed by atoms with Crippen molar-refractivity contribution < 1.29 is 14.3 Å². The fourth-order valence-electron chi connectivity index (χ4n) is 1.49. The zero-order valence-electron chi connectivity index (χ0n) is 10.0. The highest BCUT2D eigenvalue weighted by atomic mass is 16.5. The maximum absolute atomic E-state index is 11.9. The Labute approximate surface area is 100.0 Å². The Kier molecular flexibility index (Phi) is 4.49. The van der Waals surface area contributed by atoms with Crippen molar-refractivity contribution in [1.29, 1.82) is 5.26 Å². The molecule has 1 N–H and O–H groups in total. The fourth-order valence-corrected chi connectivity index (χ4v) is 1.49. The van der Waals surface area contributed by atoms with Crippen molar-refractivity contribution in [1.82, 2.24) is 5.32 Å². The topological polar surface area (TPSA) is 71.4 Å². The van der Waals surface area contributed by atoms with Gasteiger partial charge in [-0.1, -0.05) is 0 Å². The molecule has 0 aliphatic heterocycles. The third-order valence-electron chi connectivity index (χ3n) is 2.25. The first-order chi connectivity index (χ1) is 8.17. The molecule has 0 saturated heterocycles. The molecule has 1 rings (SSSR count). The van der Waals surface area contributed by atoms with Crippen LogP contribution in [-0.2, 0) is 0 Å². The molecular weight excluding hydrogens is 220 g/mol. The van der Waals surface area contributed by atoms with E-state index in [1.807, 2.05) is 6.07 Å². The van der Waals surface area contributed by atoms with Crippen LogP contribution in [0.4, 0.5) is 0 Å². The van der Waals surface area contributed by atoms with Gasteiger partial charge in [-0.05, 0) is 13.1 Å². The Hall–Kier alpha value is -2.06. The molecule has 0 saturated carbocycles. The monoisotopic (exact) mass is 234 g/mol. The van der Waals surface area contributed by atoms with Crippen molar-refractivity contribution in [3.05, 3.63) is 23.3 Å². The normalized spacial score (nSPS) is 9.53. The van der Waals surface area contributed by atoms with E-state index in [0.29, 0.717) is 22.6 Å². The Morgan fingerprint density at radius 1 is 1.41 bits per heavy atom. The first-order valence-electron chi connectivity index (χ1n) is 5.01. The first kappa shape index (κ1) is 13.0. The number of rotatable bonds is 5. The number of nitriles is 1. The van der Waals surface area contributed by atoms with Crippen LogP contribution >= 0.6 is 0 Å². The van der Waals surface area contributed by atoms with E-state index < -0.39 is 0 Å². The van der Waals surface area contributed by atoms with Gasteiger partial charge in [-0.15, -0.1) is 0 Å². The lowest BCUT2D eigenvalue weighted by Gasteiger charge is -2.12. The summed E-state index contributed by atoms with van der Waals surface area (Å²) in [4.78, 5) is 11.9. The van der Waals surface area contributed by atoms with E-state index in [9.17, 15) is 4.79 Å². The van der Waals surface area contributed by atoms with E-state index in [2.05, 4.69) is 5.32 Å². The Balaban J connectivity index is 3.35. The second-order valence-electron chi connectivity index (χ2n) is 3.32. The molecule has 5 nitrogen and oxygen atoms in total. The number of likely N-dealkylation sites (N-methyl/N-ethyl adjacent to an activating group) is 1. The van der Waals surface area contributed by atoms with Gasteiger partial charge < -0.3 is 14.8 Å². The molecule has 0 radical (unpaired) electrons. The lowest BCUT2D eigenvalue weighted by atomic mass is 10.1. The molecule has 0 unspecified atom stereocenters. The van der Waals surface area contributed by atoms with Crippen LogP contribution < -0.4 is 14.8 Å². The number of methoxy groups -OCH3 is 2. The number of nitrogens with one attached hydrogen (secondary N) is 1. The van der Waals surface area contributed by atoms with Gasteiger partial charge in [-0.3, -0.25) is 4.79 Å². The third-order valence-corrected chi connectivity index (χ3v) is 2.25. The summed E-state index contributed by atoms with van der Waals surface area (Å²) in [5, 5.41) is 11.6. The number of ether oxygens (including phenoxy) is 2. The molecule has 0 aliphatic rings. The van der Waals surface area contributed by atoms with Crippen LogP contribution in [0.3, 0.4) is 0 Å². The van der Waals surface area contributed by atoms with Crippen LogP contribution in [0.15, 0.2) is 12.1 Å². The second-order valence-corrected chi connectivity index (χ2v) is 3.32. The highest BCUT2D eigenvalue weighted by Crippen LogP contribution is 2.32. The molecule has 0 fully saturated rings. The van der Waals surface area contributed by atoms with Crippen molar-refractivity contribution in [3.8, 4) is 17.6 Å². The van der Waals surface area contributed by atoms with E-state index in [0.717, 1.165) is 0 Å². The molecule has 0 heterocycles. The van der Waals surface area contributed by atoms with E-state index in [-0.39, 0.29) is 12.3 Å². The standard InChI is InChI=1S/C12H14N2O3/c1-14-7-10(15)9-4-8(6-13)5-11(16-2)12(9)17-3/h4-5,14H,7H2,1-3H3. The number of ketones is 1. The summed E-state index contributed by atoms with van der Waals surface area (Å²) < 4.78 is 10.3. The number of carbonyl (C=O) groups excluding carboxylic acids is 1. The van der Waals surface area contributed by atoms with E-state index in [4.69, 9.17) is 14.7 Å². The number of hydrogen-bond acceptors (Lipinski definition) is 5. The summed E-state index contributed by atoms with van der Waals surface area (Å²) in [7, 11) is 4.60. The number of nitrogens with zero attached hydrogens (tertiary/aromatic N) is 1. The van der Waals surface area contributed by atoms with E-state index in [1.54, 1.807) is 7.05 Å². The van der Waals surface area contributed by atoms with Gasteiger partial charge in [0.2, 0.25) is 0 Å². The summed E-state index contributed by atoms with van der Waals surface area (Å²) in [6.45, 7) is 0.175. The predicted molar refractivity (Wildman–Crippen MR) is 62.5 cm³/mol. The van der Waals surface area contributed by atoms with Crippen molar-refractivity contribution in [2.45, 2.75) is 0 Å². The maximum atomic E-state index is 11.9. The van der Waals surface area contributed by atoms with Crippen LogP contribution in [0.2, 0.25) is 0 Å². The summed E-state index contributed by atoms with van der Waals surface area (Å²) in [6, 6.07) is 5.02. The van der Waals surface area contributed by atoms with Gasteiger partial charge in [0.15, 0.2) is 17.3 Å². The summed E-state index contributed by atoms with van der Waals surface area (Å²) in [6.07, 6.45) is 0. The number of benzene rings is 1. The average Bonchev–Trinajstić information content (AvgIpc) is 2.37. The van der Waals surface area contributed by atoms with Gasteiger partial charge in [0.25, 0.3) is 0 Å². The summed E-state index contributed by atoms with van der Waals surface area (Å²) in [5.74, 6) is 0.581. The maximum Gasteiger partial charge on any atom is 0.180 e. The largest absolute Gasteiger partial charge is 0.493 e. The average molecular weight is 234 g/mol. The lowest BCUT2D eigenvalue weighted by molar-refractivity contribution is 0.0990. The highest BCUT2D eigenvalue weighted by Gasteiger charge is 2.17. The Morgan fingerprint density at radius 3 is 2.59 bits per heavy atom. The molecule has 0 aromatic heterocycles. The van der Waals surface area contributed by atoms with Gasteiger partial charge >= 0.3 is 0 Å². The molecule has 5 heteroatoms. The van der Waals surface area contributed by atoms with Gasteiger partial charge in [-0.2, -0.15) is 5.26 Å². The number of carbonyl (C=O) groups is 1. The molecule has 0 aliphatic carbocycles. The minimum Gasteiger partial charge on any atom is -0.493 e. The summed E-state index contributed by atoms with van der Waals surface area (Å²) in [5.41, 5.74) is 0.708. The molecule has 1 aromatic carbocycles. The number of Topliss-reactive ketones (excluding diaryl/α,β-unsaturated/α-hetero) is 1. The zero-order chi connectivity index (χ0) is 12.8. The fraction of sp³-hybridized carbons (Fsp3) is 0.333. The van der Waals surface area contributed by atoms with Gasteiger partial charge in [0.05, 0.1) is 38.0 Å². The van der Waals surface area contributed by atoms with Crippen LogP contribution in [0, 0.1) is 11.3 Å². The van der Waals surface area contributed by atoms with Crippen LogP contribution in [0.25, 0.3) is 0 Å². The van der Waals surface area contributed by atoms with Gasteiger partial charge in [-0.25, -0.2) is 0 Å². The molecule has 0 amide bonds. The zero-order valence-corrected chi connectivity index (χ0v) is 10.0. The minimum atomic E-state index is -0.153. The molecule has 0 spiro atoms. The van der Waals surface area contributed by atoms with E-state index >= 15 is 0 Å². The lowest BCUT2D eigenvalue weighted by Crippen LogP contribution is -2.19. The predicted octanol–water partition coefficient (Wildman–Crippen LogP) is 0.978. The van der Waals surface area contributed by atoms with Crippen LogP contribution in [-0.4, -0.2) is 33.6 Å². The van der Waals surface area contributed by atoms with E-state index in [1.165, 1.54) is 26.4 Å². The first-order valence-corrected chi connectivity index (χ1v) is 5.01. The highest BCUT2D eigenvalue weighted by molar-refractivity contribution is 6.01. The van der Waals surface area contributed by atoms with Crippen molar-refractivity contribution >= 4 is 5.78 Å². The van der Waals surface area contributed by atoms with Gasteiger partial charge in [0.1, 0.15) is 0 Å². The third kappa shape index (κ3) is 2.74. The minimum absolute atomic E-state index is 0.153.